The molecular weight excluding hydrogens is 488 g/mol. The molecule has 0 bridgehead atoms. The zero-order valence-electron chi connectivity index (χ0n) is 15.3. The Morgan fingerprint density at radius 1 is 1.32 bits per heavy atom. The quantitative estimate of drug-likeness (QED) is 0.530. The highest BCUT2D eigenvalue weighted by atomic mass is 127. The number of benzene rings is 1. The van der Waals surface area contributed by atoms with Crippen LogP contribution in [0.1, 0.15) is 43.0 Å². The third kappa shape index (κ3) is 4.80. The van der Waals surface area contributed by atoms with Crippen molar-refractivity contribution in [3.63, 3.8) is 0 Å². The van der Waals surface area contributed by atoms with E-state index in [1.54, 1.807) is 6.20 Å². The highest BCUT2D eigenvalue weighted by Gasteiger charge is 2.50. The molecule has 0 spiro atoms. The second-order valence-corrected chi connectivity index (χ2v) is 8.67. The Morgan fingerprint density at radius 2 is 2.00 bits per heavy atom. The van der Waals surface area contributed by atoms with Crippen LogP contribution in [0.15, 0.2) is 24.4 Å². The molecule has 1 aromatic heterocycles. The van der Waals surface area contributed by atoms with Crippen molar-refractivity contribution in [3.8, 4) is 0 Å². The van der Waals surface area contributed by atoms with Crippen molar-refractivity contribution < 1.29 is 27.8 Å². The van der Waals surface area contributed by atoms with Gasteiger partial charge >= 0.3 is 6.18 Å². The third-order valence-corrected chi connectivity index (χ3v) is 5.71. The number of H-pyrrole nitrogens is 1. The Morgan fingerprint density at radius 3 is 2.64 bits per heavy atom. The maximum atomic E-state index is 12.7. The van der Waals surface area contributed by atoms with Gasteiger partial charge in [-0.05, 0) is 73.4 Å². The van der Waals surface area contributed by atoms with Crippen LogP contribution in [0.4, 0.5) is 13.2 Å². The van der Waals surface area contributed by atoms with E-state index in [1.165, 1.54) is 0 Å². The molecule has 1 atom stereocenters. The predicted molar refractivity (Wildman–Crippen MR) is 107 cm³/mol. The minimum atomic E-state index is -4.73. The van der Waals surface area contributed by atoms with Crippen LogP contribution >= 0.6 is 22.6 Å². The Bertz CT molecular complexity index is 843. The molecule has 9 heteroatoms. The first kappa shape index (κ1) is 21.4. The molecule has 1 saturated carbocycles. The molecule has 2 aromatic rings. The number of carbonyl (C=O) groups excluding carboxylic acids is 1. The lowest BCUT2D eigenvalue weighted by Crippen LogP contribution is -2.47. The number of hydrogen-bond donors (Lipinski definition) is 3. The summed E-state index contributed by atoms with van der Waals surface area (Å²) in [5.74, 6) is -0.171. The summed E-state index contributed by atoms with van der Waals surface area (Å²) >= 11 is 2.17. The zero-order valence-corrected chi connectivity index (χ0v) is 17.4. The third-order valence-electron chi connectivity index (χ3n) is 5.09. The van der Waals surface area contributed by atoms with E-state index < -0.39 is 18.4 Å². The maximum Gasteiger partial charge on any atom is 0.419 e. The van der Waals surface area contributed by atoms with Gasteiger partial charge in [-0.2, -0.15) is 13.2 Å². The van der Waals surface area contributed by atoms with Gasteiger partial charge in [0.2, 0.25) is 0 Å². The number of nitrogens with one attached hydrogen (secondary N) is 2. The van der Waals surface area contributed by atoms with Crippen LogP contribution in [0.2, 0.25) is 0 Å². The number of alkyl halides is 3. The molecule has 5 nitrogen and oxygen atoms in total. The van der Waals surface area contributed by atoms with E-state index in [0.29, 0.717) is 38.2 Å². The van der Waals surface area contributed by atoms with Gasteiger partial charge in [-0.25, -0.2) is 0 Å². The van der Waals surface area contributed by atoms with Crippen LogP contribution in [0.25, 0.3) is 10.9 Å². The molecule has 3 N–H and O–H groups in total. The van der Waals surface area contributed by atoms with E-state index in [1.807, 2.05) is 18.2 Å². The first-order valence-electron chi connectivity index (χ1n) is 9.05. The van der Waals surface area contributed by atoms with Crippen molar-refractivity contribution in [2.75, 3.05) is 6.61 Å². The fourth-order valence-corrected chi connectivity index (χ4v) is 3.96. The molecule has 0 aliphatic heterocycles. The summed E-state index contributed by atoms with van der Waals surface area (Å²) in [4.78, 5) is 15.8. The van der Waals surface area contributed by atoms with Crippen LogP contribution < -0.4 is 5.32 Å². The molecule has 154 valence electrons. The van der Waals surface area contributed by atoms with Gasteiger partial charge in [0.05, 0.1) is 23.8 Å². The van der Waals surface area contributed by atoms with E-state index in [2.05, 4.69) is 32.9 Å². The van der Waals surface area contributed by atoms with Crippen LogP contribution in [0.5, 0.6) is 0 Å². The molecule has 1 fully saturated rings. The summed E-state index contributed by atoms with van der Waals surface area (Å²) in [6, 6.07) is 5.66. The second kappa shape index (κ2) is 8.19. The fourth-order valence-electron chi connectivity index (χ4n) is 3.31. The standard InChI is InChI=1S/C19H22F3IN2O3/c1-18(27,19(20,21)22)10-28-14-4-2-13(3-5-14)25-17(26)15-9-12(23)8-11-6-7-24-16(11)15/h6-9,13-14,24,27H,2-5,10H2,1H3,(H,25,26). The summed E-state index contributed by atoms with van der Waals surface area (Å²) in [6.45, 7) is -0.0765. The lowest BCUT2D eigenvalue weighted by molar-refractivity contribution is -0.271. The Balaban J connectivity index is 1.53. The Hall–Kier alpha value is -1.33. The van der Waals surface area contributed by atoms with Crippen LogP contribution in [-0.4, -0.2) is 46.5 Å². The molecule has 0 saturated heterocycles. The van der Waals surface area contributed by atoms with Crippen molar-refractivity contribution in [3.05, 3.63) is 33.5 Å². The predicted octanol–water partition coefficient (Wildman–Crippen LogP) is 4.14. The van der Waals surface area contributed by atoms with E-state index in [0.717, 1.165) is 14.5 Å². The number of aromatic amines is 1. The molecule has 3 rings (SSSR count). The highest BCUT2D eigenvalue weighted by molar-refractivity contribution is 14.1. The molecular formula is C19H22F3IN2O3. The topological polar surface area (TPSA) is 74.3 Å². The van der Waals surface area contributed by atoms with Gasteiger partial charge in [-0.3, -0.25) is 4.79 Å². The second-order valence-electron chi connectivity index (χ2n) is 7.42. The normalized spacial score (nSPS) is 22.8. The van der Waals surface area contributed by atoms with E-state index in [9.17, 15) is 23.1 Å². The highest BCUT2D eigenvalue weighted by Crippen LogP contribution is 2.32. The fraction of sp³-hybridized carbons (Fsp3) is 0.526. The van der Waals surface area contributed by atoms with Gasteiger partial charge in [0, 0.05) is 21.2 Å². The zero-order chi connectivity index (χ0) is 20.5. The van der Waals surface area contributed by atoms with Gasteiger partial charge in [0.1, 0.15) is 0 Å². The minimum absolute atomic E-state index is 0.0571. The van der Waals surface area contributed by atoms with Crippen molar-refractivity contribution in [1.29, 1.82) is 0 Å². The smallest absolute Gasteiger partial charge is 0.379 e. The van der Waals surface area contributed by atoms with Crippen LogP contribution in [0, 0.1) is 3.57 Å². The van der Waals surface area contributed by atoms with Crippen LogP contribution in [-0.2, 0) is 4.74 Å². The summed E-state index contributed by atoms with van der Waals surface area (Å²) in [7, 11) is 0. The molecule has 1 aliphatic rings. The van der Waals surface area contributed by atoms with Gasteiger partial charge < -0.3 is 20.1 Å². The average molecular weight is 510 g/mol. The summed E-state index contributed by atoms with van der Waals surface area (Å²) in [5, 5.41) is 13.4. The monoisotopic (exact) mass is 510 g/mol. The maximum absolute atomic E-state index is 12.7. The Labute approximate surface area is 174 Å². The van der Waals surface area contributed by atoms with E-state index >= 15 is 0 Å². The molecule has 1 heterocycles. The summed E-state index contributed by atoms with van der Waals surface area (Å²) in [5.41, 5.74) is -1.50. The molecule has 0 radical (unpaired) electrons. The van der Waals surface area contributed by atoms with Crippen LogP contribution in [0.3, 0.4) is 0 Å². The number of ether oxygens (including phenoxy) is 1. The minimum Gasteiger partial charge on any atom is -0.379 e. The molecule has 1 amide bonds. The van der Waals surface area contributed by atoms with Crippen molar-refractivity contribution >= 4 is 39.4 Å². The first-order chi connectivity index (χ1) is 13.1. The number of carbonyl (C=O) groups is 1. The average Bonchev–Trinajstić information content (AvgIpc) is 3.07. The number of amides is 1. The van der Waals surface area contributed by atoms with Gasteiger partial charge in [-0.15, -0.1) is 0 Å². The number of hydrogen-bond acceptors (Lipinski definition) is 3. The lowest BCUT2D eigenvalue weighted by atomic mass is 9.92. The van der Waals surface area contributed by atoms with Crippen molar-refractivity contribution in [2.24, 2.45) is 0 Å². The Kier molecular flexibility index (Phi) is 6.26. The molecule has 28 heavy (non-hydrogen) atoms. The van der Waals surface area contributed by atoms with Gasteiger partial charge in [0.25, 0.3) is 5.91 Å². The van der Waals surface area contributed by atoms with E-state index in [-0.39, 0.29) is 18.1 Å². The van der Waals surface area contributed by atoms with Gasteiger partial charge in [0.15, 0.2) is 5.60 Å². The van der Waals surface area contributed by atoms with Crippen molar-refractivity contribution in [1.82, 2.24) is 10.3 Å². The number of aromatic nitrogens is 1. The largest absolute Gasteiger partial charge is 0.419 e. The summed E-state index contributed by atoms with van der Waals surface area (Å²) in [6.07, 6.45) is -1.00. The summed E-state index contributed by atoms with van der Waals surface area (Å²) < 4.78 is 44.3. The first-order valence-corrected chi connectivity index (χ1v) is 10.1. The number of fused-ring (bicyclic) bond motifs is 1. The number of aliphatic hydroxyl groups is 1. The lowest BCUT2D eigenvalue weighted by Gasteiger charge is -2.32. The number of rotatable bonds is 5. The van der Waals surface area contributed by atoms with Crippen molar-refractivity contribution in [2.45, 2.75) is 56.5 Å². The molecule has 1 aliphatic carbocycles. The van der Waals surface area contributed by atoms with Gasteiger partial charge in [-0.1, -0.05) is 0 Å². The molecule has 1 aromatic carbocycles. The molecule has 1 unspecified atom stereocenters. The number of halogens is 4. The SMILES string of the molecule is CC(O)(COC1CCC(NC(=O)c2cc(I)cc3cc[nH]c23)CC1)C(F)(F)F. The van der Waals surface area contributed by atoms with E-state index in [4.69, 9.17) is 4.74 Å².